The van der Waals surface area contributed by atoms with Crippen molar-refractivity contribution in [1.29, 1.82) is 0 Å². The highest BCUT2D eigenvalue weighted by molar-refractivity contribution is 4.91. The monoisotopic (exact) mass is 241 g/mol. The van der Waals surface area contributed by atoms with E-state index >= 15 is 0 Å². The molecule has 1 heteroatoms. The summed E-state index contributed by atoms with van der Waals surface area (Å²) in [5.41, 5.74) is 0.671. The third-order valence-corrected chi connectivity index (χ3v) is 4.06. The minimum atomic E-state index is 0.335. The number of unbranched alkanes of at least 4 members (excludes halogenated alkanes) is 2. The quantitative estimate of drug-likeness (QED) is 0.533. The Balaban J connectivity index is 4.66. The van der Waals surface area contributed by atoms with Gasteiger partial charge in [0.1, 0.15) is 0 Å². The van der Waals surface area contributed by atoms with Crippen LogP contribution in [0.5, 0.6) is 0 Å². The van der Waals surface area contributed by atoms with Crippen LogP contribution in [0.2, 0.25) is 0 Å². The van der Waals surface area contributed by atoms with Crippen molar-refractivity contribution in [2.45, 2.75) is 98.1 Å². The van der Waals surface area contributed by atoms with Crippen LogP contribution in [0, 0.1) is 0 Å². The lowest BCUT2D eigenvalue weighted by Crippen LogP contribution is -2.55. The summed E-state index contributed by atoms with van der Waals surface area (Å²) in [7, 11) is 0. The Bertz CT molecular complexity index is 174. The van der Waals surface area contributed by atoms with Crippen molar-refractivity contribution < 1.29 is 0 Å². The molecular weight excluding hydrogens is 206 g/mol. The largest absolute Gasteiger partial charge is 0.293 e. The molecule has 0 fully saturated rings. The van der Waals surface area contributed by atoms with E-state index in [0.717, 1.165) is 6.54 Å². The molecule has 0 aliphatic rings. The molecule has 0 aliphatic carbocycles. The molecule has 0 aromatic carbocycles. The smallest absolute Gasteiger partial charge is 0.0158 e. The molecule has 17 heavy (non-hydrogen) atoms. The maximum absolute atomic E-state index is 2.71. The van der Waals surface area contributed by atoms with Crippen molar-refractivity contribution in [3.05, 3.63) is 0 Å². The molecule has 0 unspecified atom stereocenters. The van der Waals surface area contributed by atoms with E-state index in [-0.39, 0.29) is 0 Å². The summed E-state index contributed by atoms with van der Waals surface area (Å²) < 4.78 is 0. The van der Waals surface area contributed by atoms with E-state index in [9.17, 15) is 0 Å². The second-order valence-corrected chi connectivity index (χ2v) is 6.58. The minimum absolute atomic E-state index is 0.335. The molecule has 0 amide bonds. The molecule has 104 valence electrons. The van der Waals surface area contributed by atoms with E-state index in [1.165, 1.54) is 38.5 Å². The van der Waals surface area contributed by atoms with Gasteiger partial charge >= 0.3 is 0 Å². The molecule has 1 nitrogen and oxygen atoms in total. The number of hydrogen-bond acceptors (Lipinski definition) is 1. The Hall–Kier alpha value is -0.0400. The molecule has 0 aliphatic heterocycles. The van der Waals surface area contributed by atoms with Crippen LogP contribution in [0.4, 0.5) is 0 Å². The summed E-state index contributed by atoms with van der Waals surface area (Å²) in [5, 5.41) is 0. The third kappa shape index (κ3) is 5.42. The lowest BCUT2D eigenvalue weighted by molar-refractivity contribution is 0.00866. The lowest BCUT2D eigenvalue weighted by Gasteiger charge is -2.49. The maximum atomic E-state index is 2.71. The van der Waals surface area contributed by atoms with Crippen molar-refractivity contribution in [3.63, 3.8) is 0 Å². The maximum Gasteiger partial charge on any atom is 0.0158 e. The van der Waals surface area contributed by atoms with E-state index in [0.29, 0.717) is 11.1 Å². The standard InChI is InChI=1S/C16H35N/c1-8-11-13-15(4,5)17(10-3)16(6,7)14-12-9-2/h8-14H2,1-7H3. The predicted octanol–water partition coefficient (Wildman–Crippen LogP) is 5.25. The van der Waals surface area contributed by atoms with E-state index in [2.05, 4.69) is 53.4 Å². The summed E-state index contributed by atoms with van der Waals surface area (Å²) >= 11 is 0. The summed E-state index contributed by atoms with van der Waals surface area (Å²) in [4.78, 5) is 2.71. The lowest BCUT2D eigenvalue weighted by atomic mass is 9.86. The molecule has 0 rings (SSSR count). The van der Waals surface area contributed by atoms with Crippen molar-refractivity contribution in [2.24, 2.45) is 0 Å². The highest BCUT2D eigenvalue weighted by Gasteiger charge is 2.35. The fourth-order valence-corrected chi connectivity index (χ4v) is 3.16. The number of nitrogens with zero attached hydrogens (tertiary/aromatic N) is 1. The van der Waals surface area contributed by atoms with Gasteiger partial charge in [0, 0.05) is 11.1 Å². The summed E-state index contributed by atoms with van der Waals surface area (Å²) in [6.45, 7) is 17.7. The van der Waals surface area contributed by atoms with Crippen LogP contribution in [0.3, 0.4) is 0 Å². The Labute approximate surface area is 110 Å². The van der Waals surface area contributed by atoms with Crippen LogP contribution in [0.15, 0.2) is 0 Å². The highest BCUT2D eigenvalue weighted by atomic mass is 15.2. The SMILES string of the molecule is CCCCC(C)(C)N(CC)C(C)(C)CCCC. The van der Waals surface area contributed by atoms with Crippen LogP contribution < -0.4 is 0 Å². The van der Waals surface area contributed by atoms with Crippen LogP contribution in [-0.4, -0.2) is 22.5 Å². The first-order chi connectivity index (χ1) is 7.81. The van der Waals surface area contributed by atoms with Gasteiger partial charge in [-0.2, -0.15) is 0 Å². The van der Waals surface area contributed by atoms with E-state index in [1.54, 1.807) is 0 Å². The molecule has 0 heterocycles. The summed E-state index contributed by atoms with van der Waals surface area (Å²) in [6.07, 6.45) is 7.91. The van der Waals surface area contributed by atoms with Gasteiger partial charge < -0.3 is 0 Å². The fraction of sp³-hybridized carbons (Fsp3) is 1.00. The minimum Gasteiger partial charge on any atom is -0.293 e. The molecule has 0 aromatic rings. The first-order valence-electron chi connectivity index (χ1n) is 7.59. The van der Waals surface area contributed by atoms with E-state index in [1.807, 2.05) is 0 Å². The van der Waals surface area contributed by atoms with Gasteiger partial charge in [-0.05, 0) is 47.1 Å². The topological polar surface area (TPSA) is 3.24 Å². The van der Waals surface area contributed by atoms with Crippen LogP contribution in [0.25, 0.3) is 0 Å². The van der Waals surface area contributed by atoms with Crippen molar-refractivity contribution in [1.82, 2.24) is 4.90 Å². The number of rotatable bonds is 9. The second kappa shape index (κ2) is 7.41. The molecule has 0 atom stereocenters. The first-order valence-corrected chi connectivity index (χ1v) is 7.59. The molecule has 0 aromatic heterocycles. The van der Waals surface area contributed by atoms with Gasteiger partial charge in [-0.1, -0.05) is 46.5 Å². The predicted molar refractivity (Wildman–Crippen MR) is 79.6 cm³/mol. The first kappa shape index (κ1) is 17.0. The van der Waals surface area contributed by atoms with Gasteiger partial charge in [0.25, 0.3) is 0 Å². The highest BCUT2D eigenvalue weighted by Crippen LogP contribution is 2.32. The van der Waals surface area contributed by atoms with Crippen molar-refractivity contribution in [2.75, 3.05) is 6.54 Å². The van der Waals surface area contributed by atoms with Gasteiger partial charge in [-0.3, -0.25) is 4.90 Å². The number of hydrogen-bond donors (Lipinski definition) is 0. The molecule has 0 saturated heterocycles. The van der Waals surface area contributed by atoms with Gasteiger partial charge in [0.05, 0.1) is 0 Å². The molecule has 0 spiro atoms. The zero-order valence-corrected chi connectivity index (χ0v) is 13.4. The molecule has 0 radical (unpaired) electrons. The molecule has 0 N–H and O–H groups in total. The average Bonchev–Trinajstić information content (AvgIpc) is 2.24. The third-order valence-electron chi connectivity index (χ3n) is 4.06. The van der Waals surface area contributed by atoms with Gasteiger partial charge in [-0.15, -0.1) is 0 Å². The summed E-state index contributed by atoms with van der Waals surface area (Å²) in [5.74, 6) is 0. The Morgan fingerprint density at radius 3 is 1.29 bits per heavy atom. The molecular formula is C16H35N. The van der Waals surface area contributed by atoms with Crippen molar-refractivity contribution in [3.8, 4) is 0 Å². The van der Waals surface area contributed by atoms with E-state index in [4.69, 9.17) is 0 Å². The second-order valence-electron chi connectivity index (χ2n) is 6.58. The summed E-state index contributed by atoms with van der Waals surface area (Å²) in [6, 6.07) is 0. The van der Waals surface area contributed by atoms with E-state index < -0.39 is 0 Å². The van der Waals surface area contributed by atoms with Gasteiger partial charge in [-0.25, -0.2) is 0 Å². The zero-order chi connectivity index (χ0) is 13.5. The Kier molecular flexibility index (Phi) is 7.39. The van der Waals surface area contributed by atoms with Gasteiger partial charge in [0.15, 0.2) is 0 Å². The Morgan fingerprint density at radius 2 is 1.06 bits per heavy atom. The fourth-order valence-electron chi connectivity index (χ4n) is 3.16. The van der Waals surface area contributed by atoms with Crippen LogP contribution >= 0.6 is 0 Å². The van der Waals surface area contributed by atoms with Gasteiger partial charge in [0.2, 0.25) is 0 Å². The molecule has 0 bridgehead atoms. The zero-order valence-electron chi connectivity index (χ0n) is 13.4. The Morgan fingerprint density at radius 1 is 0.706 bits per heavy atom. The van der Waals surface area contributed by atoms with Crippen molar-refractivity contribution >= 4 is 0 Å². The van der Waals surface area contributed by atoms with Crippen LogP contribution in [-0.2, 0) is 0 Å². The normalized spacial score (nSPS) is 13.4. The average molecular weight is 241 g/mol. The molecule has 0 saturated carbocycles. The van der Waals surface area contributed by atoms with Crippen LogP contribution in [0.1, 0.15) is 87.0 Å².